The highest BCUT2D eigenvalue weighted by Crippen LogP contribution is 2.34. The van der Waals surface area contributed by atoms with E-state index in [1.54, 1.807) is 0 Å². The number of benzene rings is 1. The van der Waals surface area contributed by atoms with Crippen molar-refractivity contribution in [2.45, 2.75) is 32.2 Å². The maximum atomic E-state index is 8.98. The maximum absolute atomic E-state index is 8.98. The monoisotopic (exact) mass is 186 g/mol. The molecule has 14 heavy (non-hydrogen) atoms. The second-order valence-corrected chi connectivity index (χ2v) is 3.78. The van der Waals surface area contributed by atoms with Gasteiger partial charge in [0.25, 0.3) is 0 Å². The highest BCUT2D eigenvalue weighted by molar-refractivity contribution is 5.51. The molecule has 2 heteroatoms. The highest BCUT2D eigenvalue weighted by Gasteiger charge is 2.24. The van der Waals surface area contributed by atoms with E-state index in [1.807, 2.05) is 6.07 Å². The summed E-state index contributed by atoms with van der Waals surface area (Å²) in [5.41, 5.74) is 10.6. The summed E-state index contributed by atoms with van der Waals surface area (Å²) in [7, 11) is 0. The van der Waals surface area contributed by atoms with E-state index in [-0.39, 0.29) is 6.04 Å². The number of nitrogens with two attached hydrogens (primary N) is 1. The first-order valence-electron chi connectivity index (χ1n) is 5.08. The molecule has 0 aliphatic heterocycles. The second kappa shape index (κ2) is 3.43. The molecule has 0 unspecified atom stereocenters. The lowest BCUT2D eigenvalue weighted by molar-refractivity contribution is 0.712. The molecule has 0 spiro atoms. The van der Waals surface area contributed by atoms with Crippen LogP contribution in [0.2, 0.25) is 0 Å². The van der Waals surface area contributed by atoms with Crippen molar-refractivity contribution >= 4 is 0 Å². The van der Waals surface area contributed by atoms with E-state index in [4.69, 9.17) is 11.0 Å². The fourth-order valence-electron chi connectivity index (χ4n) is 2.30. The van der Waals surface area contributed by atoms with E-state index in [0.29, 0.717) is 0 Å². The molecule has 2 nitrogen and oxygen atoms in total. The van der Waals surface area contributed by atoms with Gasteiger partial charge >= 0.3 is 0 Å². The summed E-state index contributed by atoms with van der Waals surface area (Å²) in [4.78, 5) is 0. The Kier molecular flexibility index (Phi) is 2.26. The second-order valence-electron chi connectivity index (χ2n) is 3.78. The van der Waals surface area contributed by atoms with Crippen LogP contribution in [0.15, 0.2) is 12.1 Å². The van der Waals surface area contributed by atoms with Gasteiger partial charge in [-0.1, -0.05) is 13.0 Å². The van der Waals surface area contributed by atoms with Crippen LogP contribution in [0.1, 0.15) is 41.6 Å². The molecular weight excluding hydrogens is 172 g/mol. The van der Waals surface area contributed by atoms with Crippen molar-refractivity contribution in [2.75, 3.05) is 0 Å². The summed E-state index contributed by atoms with van der Waals surface area (Å²) in [5.74, 6) is 0. The minimum Gasteiger partial charge on any atom is -0.324 e. The molecule has 1 aromatic carbocycles. The quantitative estimate of drug-likeness (QED) is 0.729. The zero-order chi connectivity index (χ0) is 10.1. The van der Waals surface area contributed by atoms with Crippen LogP contribution >= 0.6 is 0 Å². The highest BCUT2D eigenvalue weighted by atomic mass is 14.6. The van der Waals surface area contributed by atoms with Gasteiger partial charge in [0.1, 0.15) is 0 Å². The zero-order valence-corrected chi connectivity index (χ0v) is 8.38. The van der Waals surface area contributed by atoms with Crippen LogP contribution in [0.5, 0.6) is 0 Å². The minimum atomic E-state index is 0.0751. The molecule has 1 aliphatic carbocycles. The summed E-state index contributed by atoms with van der Waals surface area (Å²) in [6.07, 6.45) is 3.05. The van der Waals surface area contributed by atoms with Crippen LogP contribution in [0.3, 0.4) is 0 Å². The van der Waals surface area contributed by atoms with E-state index in [9.17, 15) is 0 Å². The predicted octanol–water partition coefficient (Wildman–Crippen LogP) is 2.07. The van der Waals surface area contributed by atoms with Gasteiger partial charge in [-0.25, -0.2) is 0 Å². The molecule has 2 N–H and O–H groups in total. The first kappa shape index (κ1) is 9.23. The van der Waals surface area contributed by atoms with Crippen molar-refractivity contribution in [2.24, 2.45) is 5.73 Å². The molecule has 1 atom stereocenters. The van der Waals surface area contributed by atoms with Gasteiger partial charge in [0.2, 0.25) is 0 Å². The van der Waals surface area contributed by atoms with Gasteiger partial charge in [-0.3, -0.25) is 0 Å². The van der Waals surface area contributed by atoms with Gasteiger partial charge in [0, 0.05) is 6.04 Å². The summed E-state index contributed by atoms with van der Waals surface area (Å²) in [5, 5.41) is 8.98. The molecule has 1 aliphatic rings. The Balaban J connectivity index is 2.64. The Morgan fingerprint density at radius 2 is 2.36 bits per heavy atom. The van der Waals surface area contributed by atoms with E-state index in [2.05, 4.69) is 19.1 Å². The molecule has 0 amide bonds. The Labute approximate surface area is 84.3 Å². The van der Waals surface area contributed by atoms with Crippen molar-refractivity contribution in [3.05, 3.63) is 34.4 Å². The molecule has 0 bridgehead atoms. The number of rotatable bonds is 1. The van der Waals surface area contributed by atoms with E-state index in [1.165, 1.54) is 11.1 Å². The van der Waals surface area contributed by atoms with Gasteiger partial charge in [-0.15, -0.1) is 0 Å². The number of nitrogens with zero attached hydrogens (tertiary/aromatic N) is 1. The largest absolute Gasteiger partial charge is 0.324 e. The van der Waals surface area contributed by atoms with Gasteiger partial charge in [-0.05, 0) is 42.0 Å². The molecular formula is C12H14N2. The molecule has 0 saturated heterocycles. The van der Waals surface area contributed by atoms with Gasteiger partial charge < -0.3 is 5.73 Å². The smallest absolute Gasteiger partial charge is 0.0995 e. The normalized spacial score (nSPS) is 19.1. The summed E-state index contributed by atoms with van der Waals surface area (Å²) in [6, 6.07) is 6.27. The van der Waals surface area contributed by atoms with Gasteiger partial charge in [0.05, 0.1) is 11.6 Å². The molecule has 0 radical (unpaired) electrons. The molecule has 1 aromatic rings. The molecule has 0 fully saturated rings. The van der Waals surface area contributed by atoms with Gasteiger partial charge in [0.15, 0.2) is 0 Å². The number of hydrogen-bond acceptors (Lipinski definition) is 2. The average Bonchev–Trinajstić information content (AvgIpc) is 2.60. The SMILES string of the molecule is CCc1ccc(C#N)c2c1CC[C@H]2N. The zero-order valence-electron chi connectivity index (χ0n) is 8.38. The van der Waals surface area contributed by atoms with Crippen LogP contribution in [-0.4, -0.2) is 0 Å². The first-order valence-corrected chi connectivity index (χ1v) is 5.08. The third-order valence-electron chi connectivity index (χ3n) is 3.03. The van der Waals surface area contributed by atoms with Crippen molar-refractivity contribution in [3.8, 4) is 6.07 Å². The molecule has 0 aromatic heterocycles. The number of aryl methyl sites for hydroxylation is 1. The van der Waals surface area contributed by atoms with E-state index >= 15 is 0 Å². The summed E-state index contributed by atoms with van der Waals surface area (Å²) in [6.45, 7) is 2.14. The first-order chi connectivity index (χ1) is 6.77. The Morgan fingerprint density at radius 3 is 3.00 bits per heavy atom. The number of nitriles is 1. The van der Waals surface area contributed by atoms with Crippen molar-refractivity contribution < 1.29 is 0 Å². The van der Waals surface area contributed by atoms with Crippen LogP contribution in [0.4, 0.5) is 0 Å². The molecule has 0 saturated carbocycles. The van der Waals surface area contributed by atoms with Gasteiger partial charge in [-0.2, -0.15) is 5.26 Å². The number of hydrogen-bond donors (Lipinski definition) is 1. The topological polar surface area (TPSA) is 49.8 Å². The third kappa shape index (κ3) is 1.21. The maximum Gasteiger partial charge on any atom is 0.0995 e. The molecule has 72 valence electrons. The number of fused-ring (bicyclic) bond motifs is 1. The Bertz CT molecular complexity index is 402. The average molecular weight is 186 g/mol. The molecule has 2 rings (SSSR count). The molecule has 0 heterocycles. The third-order valence-corrected chi connectivity index (χ3v) is 3.03. The Morgan fingerprint density at radius 1 is 1.57 bits per heavy atom. The van der Waals surface area contributed by atoms with Crippen LogP contribution < -0.4 is 5.73 Å². The fourth-order valence-corrected chi connectivity index (χ4v) is 2.30. The fraction of sp³-hybridized carbons (Fsp3) is 0.417. The van der Waals surface area contributed by atoms with E-state index < -0.39 is 0 Å². The lowest BCUT2D eigenvalue weighted by atomic mass is 9.96. The van der Waals surface area contributed by atoms with E-state index in [0.717, 1.165) is 30.4 Å². The van der Waals surface area contributed by atoms with Crippen molar-refractivity contribution in [1.29, 1.82) is 5.26 Å². The van der Waals surface area contributed by atoms with Crippen LogP contribution in [-0.2, 0) is 12.8 Å². The summed E-state index contributed by atoms with van der Waals surface area (Å²) < 4.78 is 0. The van der Waals surface area contributed by atoms with Crippen LogP contribution in [0, 0.1) is 11.3 Å². The predicted molar refractivity (Wildman–Crippen MR) is 55.8 cm³/mol. The Hall–Kier alpha value is -1.33. The minimum absolute atomic E-state index is 0.0751. The van der Waals surface area contributed by atoms with Crippen molar-refractivity contribution in [1.82, 2.24) is 0 Å². The standard InChI is InChI=1S/C12H14N2/c1-2-8-3-4-9(7-13)12-10(8)5-6-11(12)14/h3-4,11H,2,5-6,14H2,1H3/t11-/m1/s1. The van der Waals surface area contributed by atoms with Crippen LogP contribution in [0.25, 0.3) is 0 Å². The van der Waals surface area contributed by atoms with Crippen molar-refractivity contribution in [3.63, 3.8) is 0 Å². The summed E-state index contributed by atoms with van der Waals surface area (Å²) >= 11 is 0. The lowest BCUT2D eigenvalue weighted by Crippen LogP contribution is -2.07. The lowest BCUT2D eigenvalue weighted by Gasteiger charge is -2.10.